The average molecular weight is 768 g/mol. The third-order valence-electron chi connectivity index (χ3n) is 5.83. The number of ether oxygens (including phenoxy) is 2. The van der Waals surface area contributed by atoms with Crippen LogP contribution in [0.1, 0.15) is 113 Å². The van der Waals surface area contributed by atoms with Gasteiger partial charge < -0.3 is 19.7 Å². The molecule has 14 heteroatoms. The summed E-state index contributed by atoms with van der Waals surface area (Å²) < 4.78 is 42.8. The SMILES string of the molecule is CC(=O)/C=C(/C)O.CC(=O)/C=C(/C)O.CCCCC(CC)COC(=O)CC(C(=O)OCC(CC)CCCC)S(=O)(=O)O.[NaH].[SnH2]. The van der Waals surface area contributed by atoms with Crippen LogP contribution in [-0.4, -0.2) is 119 Å². The first-order chi connectivity index (χ1) is 19.4. The van der Waals surface area contributed by atoms with Gasteiger partial charge in [-0.2, -0.15) is 8.42 Å². The van der Waals surface area contributed by atoms with Crippen molar-refractivity contribution in [3.05, 3.63) is 23.7 Å². The molecule has 0 fully saturated rings. The van der Waals surface area contributed by atoms with Gasteiger partial charge in [-0.15, -0.1) is 0 Å². The third-order valence-corrected chi connectivity index (χ3v) is 6.90. The number of aliphatic hydroxyl groups excluding tert-OH is 2. The van der Waals surface area contributed by atoms with E-state index in [1.807, 2.05) is 13.8 Å². The first-order valence-corrected chi connectivity index (χ1v) is 16.0. The first-order valence-electron chi connectivity index (χ1n) is 14.5. The van der Waals surface area contributed by atoms with Gasteiger partial charge in [-0.25, -0.2) is 0 Å². The second-order valence-electron chi connectivity index (χ2n) is 10.1. The summed E-state index contributed by atoms with van der Waals surface area (Å²) in [6, 6.07) is 0. The minimum absolute atomic E-state index is 0. The number of unbranched alkanes of at least 4 members (excludes halogenated alkanes) is 2. The van der Waals surface area contributed by atoms with E-state index in [-0.39, 0.29) is 102 Å². The molecule has 0 aliphatic heterocycles. The molecule has 3 unspecified atom stereocenters. The van der Waals surface area contributed by atoms with Gasteiger partial charge in [0, 0.05) is 12.2 Å². The molecule has 0 saturated heterocycles. The van der Waals surface area contributed by atoms with Crippen molar-refractivity contribution >= 4 is 87.1 Å². The van der Waals surface area contributed by atoms with E-state index >= 15 is 0 Å². The molecule has 0 aromatic heterocycles. The summed E-state index contributed by atoms with van der Waals surface area (Å²) in [7, 11) is -4.76. The number of allylic oxidation sites excluding steroid dienone is 4. The van der Waals surface area contributed by atoms with Gasteiger partial charge in [-0.1, -0.05) is 66.2 Å². The monoisotopic (exact) mass is 768 g/mol. The summed E-state index contributed by atoms with van der Waals surface area (Å²) in [5, 5.41) is 14.8. The van der Waals surface area contributed by atoms with Gasteiger partial charge in [0.15, 0.2) is 16.8 Å². The number of rotatable bonds is 18. The van der Waals surface area contributed by atoms with Crippen LogP contribution in [0.25, 0.3) is 0 Å². The molecule has 44 heavy (non-hydrogen) atoms. The Balaban J connectivity index is -0.000000262. The number of hydrogen-bond donors (Lipinski definition) is 3. The Hall–Kier alpha value is -0.931. The molecule has 254 valence electrons. The second kappa shape index (κ2) is 32.0. The number of hydrogen-bond acceptors (Lipinski definition) is 10. The topological polar surface area (TPSA) is 182 Å². The van der Waals surface area contributed by atoms with E-state index < -0.39 is 33.7 Å². The summed E-state index contributed by atoms with van der Waals surface area (Å²) in [5.41, 5.74) is 0. The van der Waals surface area contributed by atoms with E-state index in [4.69, 9.17) is 19.7 Å². The molecule has 0 amide bonds. The number of aliphatic hydroxyl groups is 2. The van der Waals surface area contributed by atoms with Crippen molar-refractivity contribution in [3.8, 4) is 0 Å². The summed E-state index contributed by atoms with van der Waals surface area (Å²) in [6.07, 6.45) is 9.07. The van der Waals surface area contributed by atoms with Gasteiger partial charge in [0.25, 0.3) is 10.1 Å². The number of ketones is 2. The quantitative estimate of drug-likeness (QED) is 0.0580. The molecule has 0 spiro atoms. The average Bonchev–Trinajstić information content (AvgIpc) is 2.85. The van der Waals surface area contributed by atoms with Gasteiger partial charge >= 0.3 is 65.4 Å². The van der Waals surface area contributed by atoms with Crippen LogP contribution in [0, 0.1) is 11.8 Å². The molecular formula is C30H57NaO11SSn. The Morgan fingerprint density at radius 3 is 1.34 bits per heavy atom. The van der Waals surface area contributed by atoms with E-state index in [0.717, 1.165) is 51.4 Å². The van der Waals surface area contributed by atoms with Gasteiger partial charge in [0.2, 0.25) is 0 Å². The molecular weight excluding hydrogens is 710 g/mol. The molecule has 0 heterocycles. The Bertz CT molecular complexity index is 930. The molecule has 0 saturated carbocycles. The Morgan fingerprint density at radius 2 is 1.09 bits per heavy atom. The molecule has 11 nitrogen and oxygen atoms in total. The zero-order chi connectivity index (χ0) is 33.3. The zero-order valence-electron chi connectivity index (χ0n) is 27.4. The normalized spacial score (nSPS) is 13.1. The number of esters is 2. The van der Waals surface area contributed by atoms with Crippen LogP contribution in [0.15, 0.2) is 23.7 Å². The standard InChI is InChI=1S/C20H38O7S.2C5H8O2.Na.Sn.3H/c1-5-9-11-16(7-3)14-26-19(21)13-18(28(23,24)25)20(22)27-15-17(8-4)12-10-6-2;2*1-4(6)3-5(2)7;;;;;/h16-18H,5-15H2,1-4H3,(H,23,24,25);2*3,6H,1-2H3;;;;;/b;2*4-3-;;;;;. The predicted octanol–water partition coefficient (Wildman–Crippen LogP) is 4.66. The Kier molecular flexibility index (Phi) is 38.3. The molecule has 0 bridgehead atoms. The maximum atomic E-state index is 12.2. The van der Waals surface area contributed by atoms with Crippen LogP contribution in [0.2, 0.25) is 0 Å². The molecule has 2 radical (unpaired) electrons. The number of carbonyl (C=O) groups is 4. The third kappa shape index (κ3) is 35.5. The summed E-state index contributed by atoms with van der Waals surface area (Å²) in [5.74, 6) is -1.73. The van der Waals surface area contributed by atoms with Crippen molar-refractivity contribution in [1.29, 1.82) is 0 Å². The zero-order valence-corrected chi connectivity index (χ0v) is 32.2. The molecule has 0 aromatic rings. The van der Waals surface area contributed by atoms with Crippen LogP contribution >= 0.6 is 0 Å². The Labute approximate surface area is 304 Å². The Morgan fingerprint density at radius 1 is 0.727 bits per heavy atom. The molecule has 0 aliphatic carbocycles. The minimum atomic E-state index is -4.76. The summed E-state index contributed by atoms with van der Waals surface area (Å²) in [6.45, 7) is 14.0. The fraction of sp³-hybridized carbons (Fsp3) is 0.733. The van der Waals surface area contributed by atoms with Gasteiger partial charge in [-0.05, 0) is 52.4 Å². The van der Waals surface area contributed by atoms with Crippen LogP contribution in [0.3, 0.4) is 0 Å². The van der Waals surface area contributed by atoms with Crippen LogP contribution in [0.4, 0.5) is 0 Å². The van der Waals surface area contributed by atoms with Crippen molar-refractivity contribution in [2.75, 3.05) is 13.2 Å². The van der Waals surface area contributed by atoms with Crippen molar-refractivity contribution < 1.29 is 51.8 Å². The first kappa shape index (κ1) is 52.6. The molecule has 0 rings (SSSR count). The van der Waals surface area contributed by atoms with Gasteiger partial charge in [0.1, 0.15) is 0 Å². The molecule has 3 N–H and O–H groups in total. The van der Waals surface area contributed by atoms with E-state index in [0.29, 0.717) is 0 Å². The van der Waals surface area contributed by atoms with Gasteiger partial charge in [-0.3, -0.25) is 23.7 Å². The van der Waals surface area contributed by atoms with E-state index in [1.165, 1.54) is 39.8 Å². The van der Waals surface area contributed by atoms with Crippen LogP contribution < -0.4 is 0 Å². The molecule has 3 atom stereocenters. The van der Waals surface area contributed by atoms with Crippen LogP contribution in [0.5, 0.6) is 0 Å². The van der Waals surface area contributed by atoms with E-state index in [1.54, 1.807) is 0 Å². The molecule has 0 aromatic carbocycles. The second-order valence-corrected chi connectivity index (χ2v) is 11.7. The van der Waals surface area contributed by atoms with E-state index in [9.17, 15) is 32.1 Å². The summed E-state index contributed by atoms with van der Waals surface area (Å²) >= 11 is 0. The van der Waals surface area contributed by atoms with Crippen molar-refractivity contribution in [3.63, 3.8) is 0 Å². The van der Waals surface area contributed by atoms with Crippen molar-refractivity contribution in [1.82, 2.24) is 0 Å². The van der Waals surface area contributed by atoms with Gasteiger partial charge in [0.05, 0.1) is 31.2 Å². The summed E-state index contributed by atoms with van der Waals surface area (Å²) in [4.78, 5) is 44.3. The number of carbonyl (C=O) groups excluding carboxylic acids is 4. The van der Waals surface area contributed by atoms with E-state index in [2.05, 4.69) is 13.8 Å². The van der Waals surface area contributed by atoms with Crippen molar-refractivity contribution in [2.45, 2.75) is 118 Å². The predicted molar refractivity (Wildman–Crippen MR) is 178 cm³/mol. The molecule has 0 aliphatic rings. The fourth-order valence-electron chi connectivity index (χ4n) is 3.41. The maximum absolute atomic E-state index is 12.2. The van der Waals surface area contributed by atoms with Crippen LogP contribution in [-0.2, 0) is 38.8 Å². The fourth-order valence-corrected chi connectivity index (χ4v) is 4.07. The van der Waals surface area contributed by atoms with Crippen molar-refractivity contribution in [2.24, 2.45) is 11.8 Å².